The zero-order valence-electron chi connectivity index (χ0n) is 15.4. The molecule has 1 amide bonds. The number of anilines is 1. The monoisotopic (exact) mass is 350 g/mol. The van der Waals surface area contributed by atoms with Crippen LogP contribution in [0.3, 0.4) is 0 Å². The third-order valence-electron chi connectivity index (χ3n) is 5.15. The van der Waals surface area contributed by atoms with E-state index >= 15 is 0 Å². The minimum Gasteiger partial charge on any atom is -0.444 e. The smallest absolute Gasteiger partial charge is 0.407 e. The molecule has 1 aliphatic carbocycles. The first kappa shape index (κ1) is 17.9. The molecule has 1 N–H and O–H groups in total. The van der Waals surface area contributed by atoms with Crippen molar-refractivity contribution in [3.05, 3.63) is 17.8 Å². The summed E-state index contributed by atoms with van der Waals surface area (Å²) < 4.78 is 19.6. The summed E-state index contributed by atoms with van der Waals surface area (Å²) >= 11 is 0. The number of carbonyl (C=O) groups excluding carboxylic acids is 1. The highest BCUT2D eigenvalue weighted by Crippen LogP contribution is 2.42. The Morgan fingerprint density at radius 2 is 1.96 bits per heavy atom. The van der Waals surface area contributed by atoms with E-state index in [0.29, 0.717) is 35.8 Å². The molecule has 2 fully saturated rings. The molecule has 1 aromatic rings. The van der Waals surface area contributed by atoms with E-state index in [1.165, 1.54) is 6.33 Å². The fourth-order valence-electron chi connectivity index (χ4n) is 4.02. The number of amides is 1. The van der Waals surface area contributed by atoms with E-state index in [9.17, 15) is 9.18 Å². The predicted molar refractivity (Wildman–Crippen MR) is 92.9 cm³/mol. The molecule has 0 aromatic carbocycles. The van der Waals surface area contributed by atoms with E-state index in [0.717, 1.165) is 25.9 Å². The number of nitrogens with one attached hydrogen (secondary N) is 1. The molecule has 1 unspecified atom stereocenters. The van der Waals surface area contributed by atoms with Crippen molar-refractivity contribution >= 4 is 11.9 Å². The molecule has 6 nitrogen and oxygen atoms in total. The van der Waals surface area contributed by atoms with Crippen molar-refractivity contribution in [2.45, 2.75) is 46.1 Å². The van der Waals surface area contributed by atoms with Gasteiger partial charge in [0.1, 0.15) is 11.9 Å². The number of ether oxygens (including phenoxy) is 1. The quantitative estimate of drug-likeness (QED) is 0.908. The van der Waals surface area contributed by atoms with E-state index in [1.807, 2.05) is 25.7 Å². The second-order valence-corrected chi connectivity index (χ2v) is 8.15. The van der Waals surface area contributed by atoms with E-state index in [1.54, 1.807) is 6.92 Å². The number of nitrogens with zero attached hydrogens (tertiary/aromatic N) is 3. The van der Waals surface area contributed by atoms with Crippen LogP contribution in [-0.4, -0.2) is 41.3 Å². The third-order valence-corrected chi connectivity index (χ3v) is 5.15. The van der Waals surface area contributed by atoms with Crippen molar-refractivity contribution in [2.75, 3.05) is 24.5 Å². The standard InChI is InChI=1S/C18H27FN4O2/c1-11-15(19)16(22-10-21-11)23-8-12-5-6-13(9-23)14(12)7-20-17(24)25-18(2,3)4/h10,12-14H,5-9H2,1-4H3,(H,20,24)/t12-,13+,14?. The topological polar surface area (TPSA) is 67.4 Å². The van der Waals surface area contributed by atoms with Crippen LogP contribution in [0.5, 0.6) is 0 Å². The minimum atomic E-state index is -0.491. The maximum absolute atomic E-state index is 14.3. The summed E-state index contributed by atoms with van der Waals surface area (Å²) in [6.07, 6.45) is 3.26. The largest absolute Gasteiger partial charge is 0.444 e. The molecule has 3 rings (SSSR count). The molecule has 2 aliphatic rings. The van der Waals surface area contributed by atoms with Crippen LogP contribution < -0.4 is 10.2 Å². The molecule has 1 saturated heterocycles. The van der Waals surface area contributed by atoms with Crippen LogP contribution in [0.15, 0.2) is 6.33 Å². The number of alkyl carbamates (subject to hydrolysis) is 1. The first-order valence-corrected chi connectivity index (χ1v) is 8.93. The molecule has 3 atom stereocenters. The number of piperidine rings is 1. The lowest BCUT2D eigenvalue weighted by atomic mass is 9.85. The average Bonchev–Trinajstić information content (AvgIpc) is 2.74. The number of fused-ring (bicyclic) bond motifs is 2. The fraction of sp³-hybridized carbons (Fsp3) is 0.722. The van der Waals surface area contributed by atoms with Gasteiger partial charge >= 0.3 is 6.09 Å². The van der Waals surface area contributed by atoms with Gasteiger partial charge in [-0.05, 0) is 58.3 Å². The van der Waals surface area contributed by atoms with Crippen LogP contribution in [0, 0.1) is 30.5 Å². The summed E-state index contributed by atoms with van der Waals surface area (Å²) in [5.74, 6) is 1.36. The first-order valence-electron chi connectivity index (χ1n) is 8.93. The molecule has 7 heteroatoms. The molecule has 1 aliphatic heterocycles. The summed E-state index contributed by atoms with van der Waals surface area (Å²) in [6, 6.07) is 0. The van der Waals surface area contributed by atoms with E-state index < -0.39 is 5.60 Å². The lowest BCUT2D eigenvalue weighted by molar-refractivity contribution is 0.0508. The van der Waals surface area contributed by atoms with Crippen molar-refractivity contribution < 1.29 is 13.9 Å². The fourth-order valence-corrected chi connectivity index (χ4v) is 4.02. The van der Waals surface area contributed by atoms with Gasteiger partial charge in [-0.15, -0.1) is 0 Å². The zero-order valence-corrected chi connectivity index (χ0v) is 15.4. The molecule has 1 saturated carbocycles. The first-order chi connectivity index (χ1) is 11.7. The van der Waals surface area contributed by atoms with Crippen molar-refractivity contribution in [3.8, 4) is 0 Å². The van der Waals surface area contributed by atoms with E-state index in [2.05, 4.69) is 15.3 Å². The SMILES string of the molecule is Cc1ncnc(N2C[C@H]3CC[C@@H](C2)C3CNC(=O)OC(C)(C)C)c1F. The van der Waals surface area contributed by atoms with Gasteiger partial charge in [0.25, 0.3) is 0 Å². The Morgan fingerprint density at radius 1 is 1.32 bits per heavy atom. The Kier molecular flexibility index (Phi) is 4.84. The highest BCUT2D eigenvalue weighted by Gasteiger charge is 2.43. The van der Waals surface area contributed by atoms with Crippen LogP contribution >= 0.6 is 0 Å². The average molecular weight is 350 g/mol. The number of halogens is 1. The molecule has 25 heavy (non-hydrogen) atoms. The molecule has 2 bridgehead atoms. The van der Waals surface area contributed by atoms with Gasteiger partial charge in [0.05, 0.1) is 5.69 Å². The summed E-state index contributed by atoms with van der Waals surface area (Å²) in [7, 11) is 0. The van der Waals surface area contributed by atoms with Gasteiger partial charge < -0.3 is 15.0 Å². The second kappa shape index (κ2) is 6.77. The lowest BCUT2D eigenvalue weighted by Gasteiger charge is -2.38. The molecule has 138 valence electrons. The van der Waals surface area contributed by atoms with Gasteiger partial charge in [-0.1, -0.05) is 0 Å². The lowest BCUT2D eigenvalue weighted by Crippen LogP contribution is -2.47. The van der Waals surface area contributed by atoms with Crippen molar-refractivity contribution in [1.82, 2.24) is 15.3 Å². The molecular weight excluding hydrogens is 323 g/mol. The second-order valence-electron chi connectivity index (χ2n) is 8.15. The van der Waals surface area contributed by atoms with Crippen LogP contribution in [0.4, 0.5) is 15.0 Å². The molecule has 2 heterocycles. The molecule has 1 aromatic heterocycles. The molecular formula is C18H27FN4O2. The Labute approximate surface area is 148 Å². The molecule has 0 spiro atoms. The summed E-state index contributed by atoms with van der Waals surface area (Å²) in [5, 5.41) is 2.91. The van der Waals surface area contributed by atoms with Crippen LogP contribution in [0.2, 0.25) is 0 Å². The predicted octanol–water partition coefficient (Wildman–Crippen LogP) is 2.91. The van der Waals surface area contributed by atoms with Crippen LogP contribution in [0.1, 0.15) is 39.3 Å². The van der Waals surface area contributed by atoms with E-state index in [-0.39, 0.29) is 11.9 Å². The van der Waals surface area contributed by atoms with Gasteiger partial charge in [-0.3, -0.25) is 0 Å². The van der Waals surface area contributed by atoms with Crippen molar-refractivity contribution in [2.24, 2.45) is 17.8 Å². The summed E-state index contributed by atoms with van der Waals surface area (Å²) in [5.41, 5.74) is -0.111. The van der Waals surface area contributed by atoms with E-state index in [4.69, 9.17) is 4.74 Å². The Morgan fingerprint density at radius 3 is 2.56 bits per heavy atom. The molecule has 0 radical (unpaired) electrons. The number of aryl methyl sites for hydroxylation is 1. The number of hydrogen-bond acceptors (Lipinski definition) is 5. The highest BCUT2D eigenvalue weighted by molar-refractivity contribution is 5.67. The maximum Gasteiger partial charge on any atom is 0.407 e. The minimum absolute atomic E-state index is 0.327. The Balaban J connectivity index is 1.61. The Bertz CT molecular complexity index is 632. The Hall–Kier alpha value is -1.92. The van der Waals surface area contributed by atoms with Gasteiger partial charge in [0.2, 0.25) is 0 Å². The maximum atomic E-state index is 14.3. The summed E-state index contributed by atoms with van der Waals surface area (Å²) in [4.78, 5) is 22.0. The van der Waals surface area contributed by atoms with Crippen LogP contribution in [-0.2, 0) is 4.74 Å². The van der Waals surface area contributed by atoms with Crippen LogP contribution in [0.25, 0.3) is 0 Å². The zero-order chi connectivity index (χ0) is 18.2. The highest BCUT2D eigenvalue weighted by atomic mass is 19.1. The van der Waals surface area contributed by atoms with Gasteiger partial charge in [0, 0.05) is 19.6 Å². The van der Waals surface area contributed by atoms with Gasteiger partial charge in [-0.2, -0.15) is 0 Å². The number of carbonyl (C=O) groups is 1. The normalized spacial score (nSPS) is 25.8. The van der Waals surface area contributed by atoms with Gasteiger partial charge in [0.15, 0.2) is 11.6 Å². The van der Waals surface area contributed by atoms with Crippen molar-refractivity contribution in [3.63, 3.8) is 0 Å². The number of hydrogen-bond donors (Lipinski definition) is 1. The number of rotatable bonds is 3. The van der Waals surface area contributed by atoms with Gasteiger partial charge in [-0.25, -0.2) is 19.2 Å². The number of aromatic nitrogens is 2. The van der Waals surface area contributed by atoms with Crippen molar-refractivity contribution in [1.29, 1.82) is 0 Å². The third kappa shape index (κ3) is 4.02. The summed E-state index contributed by atoms with van der Waals surface area (Å²) in [6.45, 7) is 9.37.